The number of carbonyl (C=O) groups is 1. The second-order valence-corrected chi connectivity index (χ2v) is 8.59. The summed E-state index contributed by atoms with van der Waals surface area (Å²) in [5, 5.41) is 2.90. The van der Waals surface area contributed by atoms with Crippen LogP contribution in [0.25, 0.3) is 0 Å². The van der Waals surface area contributed by atoms with E-state index in [1.807, 2.05) is 6.92 Å². The van der Waals surface area contributed by atoms with Gasteiger partial charge in [0.2, 0.25) is 5.91 Å². The minimum atomic E-state index is -2.97. The van der Waals surface area contributed by atoms with Crippen molar-refractivity contribution < 1.29 is 13.2 Å². The number of amides is 1. The van der Waals surface area contributed by atoms with Gasteiger partial charge in [0.15, 0.2) is 0 Å². The van der Waals surface area contributed by atoms with Gasteiger partial charge in [-0.15, -0.1) is 12.4 Å². The van der Waals surface area contributed by atoms with Crippen LogP contribution in [-0.2, 0) is 14.6 Å². The van der Waals surface area contributed by atoms with Crippen molar-refractivity contribution in [1.82, 2.24) is 5.32 Å². The molecule has 0 heterocycles. The highest BCUT2D eigenvalue weighted by Crippen LogP contribution is 2.38. The lowest BCUT2D eigenvalue weighted by molar-refractivity contribution is -0.124. The molecule has 5 nitrogen and oxygen atoms in total. The van der Waals surface area contributed by atoms with Crippen LogP contribution in [0.5, 0.6) is 0 Å². The van der Waals surface area contributed by atoms with Crippen molar-refractivity contribution in [2.75, 3.05) is 18.6 Å². The van der Waals surface area contributed by atoms with E-state index in [4.69, 9.17) is 5.73 Å². The van der Waals surface area contributed by atoms with Gasteiger partial charge in [0, 0.05) is 18.7 Å². The van der Waals surface area contributed by atoms with Crippen molar-refractivity contribution in [2.24, 2.45) is 11.1 Å². The molecule has 126 valence electrons. The molecule has 0 saturated heterocycles. The van der Waals surface area contributed by atoms with Gasteiger partial charge in [-0.2, -0.15) is 0 Å². The second-order valence-electron chi connectivity index (χ2n) is 6.33. The van der Waals surface area contributed by atoms with E-state index in [-0.39, 0.29) is 35.5 Å². The van der Waals surface area contributed by atoms with Gasteiger partial charge in [-0.05, 0) is 38.1 Å². The molecule has 0 aromatic carbocycles. The Labute approximate surface area is 134 Å². The molecule has 21 heavy (non-hydrogen) atoms. The van der Waals surface area contributed by atoms with Gasteiger partial charge in [-0.3, -0.25) is 4.79 Å². The van der Waals surface area contributed by atoms with E-state index in [2.05, 4.69) is 5.32 Å². The van der Waals surface area contributed by atoms with Crippen LogP contribution in [0.15, 0.2) is 0 Å². The third kappa shape index (κ3) is 8.02. The first kappa shape index (κ1) is 20.7. The number of rotatable bonds is 7. The zero-order chi connectivity index (χ0) is 15.2. The molecule has 0 aromatic heterocycles. The summed E-state index contributed by atoms with van der Waals surface area (Å²) in [6.07, 6.45) is 7.71. The fraction of sp³-hybridized carbons (Fsp3) is 0.929. The standard InChI is InChI=1S/C14H28N2O3S.ClH/c1-12(6-9-20(2,18)19)16-13(17)10-14(11-15)7-4-3-5-8-14;/h12H,3-11,15H2,1-2H3,(H,16,17);1H. The lowest BCUT2D eigenvalue weighted by Gasteiger charge is -2.36. The van der Waals surface area contributed by atoms with Crippen molar-refractivity contribution in [3.8, 4) is 0 Å². The smallest absolute Gasteiger partial charge is 0.220 e. The summed E-state index contributed by atoms with van der Waals surface area (Å²) in [6, 6.07) is -0.115. The van der Waals surface area contributed by atoms with Crippen LogP contribution in [0.3, 0.4) is 0 Å². The van der Waals surface area contributed by atoms with Crippen molar-refractivity contribution in [3.05, 3.63) is 0 Å². The number of hydrogen-bond acceptors (Lipinski definition) is 4. The lowest BCUT2D eigenvalue weighted by Crippen LogP contribution is -2.41. The predicted octanol–water partition coefficient (Wildman–Crippen LogP) is 1.65. The zero-order valence-electron chi connectivity index (χ0n) is 13.1. The van der Waals surface area contributed by atoms with Gasteiger partial charge in [0.1, 0.15) is 9.84 Å². The van der Waals surface area contributed by atoms with Crippen molar-refractivity contribution >= 4 is 28.2 Å². The normalized spacial score (nSPS) is 19.4. The molecule has 0 bridgehead atoms. The monoisotopic (exact) mass is 340 g/mol. The van der Waals surface area contributed by atoms with Gasteiger partial charge >= 0.3 is 0 Å². The minimum Gasteiger partial charge on any atom is -0.354 e. The summed E-state index contributed by atoms with van der Waals surface area (Å²) in [7, 11) is -2.97. The summed E-state index contributed by atoms with van der Waals surface area (Å²) in [5.74, 6) is 0.106. The van der Waals surface area contributed by atoms with E-state index in [9.17, 15) is 13.2 Å². The van der Waals surface area contributed by atoms with E-state index in [1.54, 1.807) is 0 Å². The highest BCUT2D eigenvalue weighted by Gasteiger charge is 2.33. The van der Waals surface area contributed by atoms with Crippen molar-refractivity contribution in [3.63, 3.8) is 0 Å². The average molecular weight is 341 g/mol. The fourth-order valence-electron chi connectivity index (χ4n) is 2.88. The van der Waals surface area contributed by atoms with E-state index in [1.165, 1.54) is 12.7 Å². The SMILES string of the molecule is CC(CCS(C)(=O)=O)NC(=O)CC1(CN)CCCCC1.Cl. The van der Waals surface area contributed by atoms with Crippen molar-refractivity contribution in [2.45, 2.75) is 57.9 Å². The molecule has 1 fully saturated rings. The average Bonchev–Trinajstić information content (AvgIpc) is 2.36. The Bertz CT molecular complexity index is 420. The van der Waals surface area contributed by atoms with Crippen LogP contribution in [0.2, 0.25) is 0 Å². The number of nitrogens with one attached hydrogen (secondary N) is 1. The number of nitrogens with two attached hydrogens (primary N) is 1. The van der Waals surface area contributed by atoms with Gasteiger partial charge in [0.05, 0.1) is 5.75 Å². The van der Waals surface area contributed by atoms with Gasteiger partial charge < -0.3 is 11.1 Å². The molecule has 0 aromatic rings. The minimum absolute atomic E-state index is 0. The van der Waals surface area contributed by atoms with Gasteiger partial charge in [-0.1, -0.05) is 19.3 Å². The molecule has 1 atom stereocenters. The summed E-state index contributed by atoms with van der Waals surface area (Å²) in [4.78, 5) is 12.1. The maximum atomic E-state index is 12.1. The highest BCUT2D eigenvalue weighted by atomic mass is 35.5. The molecule has 7 heteroatoms. The highest BCUT2D eigenvalue weighted by molar-refractivity contribution is 7.90. The molecule has 0 aliphatic heterocycles. The quantitative estimate of drug-likeness (QED) is 0.737. The van der Waals surface area contributed by atoms with Crippen LogP contribution < -0.4 is 11.1 Å². The number of halogens is 1. The lowest BCUT2D eigenvalue weighted by atomic mass is 9.71. The largest absolute Gasteiger partial charge is 0.354 e. The molecule has 1 aliphatic rings. The first-order valence-electron chi connectivity index (χ1n) is 7.43. The molecule has 1 saturated carbocycles. The van der Waals surface area contributed by atoms with Crippen LogP contribution in [-0.4, -0.2) is 38.9 Å². The van der Waals surface area contributed by atoms with Crippen LogP contribution in [0.1, 0.15) is 51.9 Å². The third-order valence-corrected chi connectivity index (χ3v) is 5.19. The Morgan fingerprint density at radius 1 is 1.29 bits per heavy atom. The molecule has 1 amide bonds. The number of hydrogen-bond donors (Lipinski definition) is 2. The van der Waals surface area contributed by atoms with Crippen LogP contribution in [0, 0.1) is 5.41 Å². The summed E-state index contributed by atoms with van der Waals surface area (Å²) in [5.41, 5.74) is 5.83. The molecular formula is C14H29ClN2O3S. The Morgan fingerprint density at radius 2 is 1.86 bits per heavy atom. The van der Waals surface area contributed by atoms with Gasteiger partial charge in [0.25, 0.3) is 0 Å². The molecule has 0 radical (unpaired) electrons. The first-order chi connectivity index (χ1) is 9.26. The summed E-state index contributed by atoms with van der Waals surface area (Å²) >= 11 is 0. The topological polar surface area (TPSA) is 89.3 Å². The molecule has 3 N–H and O–H groups in total. The first-order valence-corrected chi connectivity index (χ1v) is 9.50. The second kappa shape index (κ2) is 8.96. The number of sulfone groups is 1. The Morgan fingerprint density at radius 3 is 2.33 bits per heavy atom. The third-order valence-electron chi connectivity index (χ3n) is 4.21. The summed E-state index contributed by atoms with van der Waals surface area (Å²) in [6.45, 7) is 2.40. The predicted molar refractivity (Wildman–Crippen MR) is 88.4 cm³/mol. The zero-order valence-corrected chi connectivity index (χ0v) is 14.7. The van der Waals surface area contributed by atoms with Crippen LogP contribution in [0.4, 0.5) is 0 Å². The molecule has 1 unspecified atom stereocenters. The molecular weight excluding hydrogens is 312 g/mol. The van der Waals surface area contributed by atoms with E-state index >= 15 is 0 Å². The Balaban J connectivity index is 0.00000400. The summed E-state index contributed by atoms with van der Waals surface area (Å²) < 4.78 is 22.2. The maximum Gasteiger partial charge on any atom is 0.220 e. The van der Waals surface area contributed by atoms with Crippen LogP contribution >= 0.6 is 12.4 Å². The van der Waals surface area contributed by atoms with E-state index in [0.717, 1.165) is 25.7 Å². The molecule has 0 spiro atoms. The molecule has 1 aliphatic carbocycles. The van der Waals surface area contributed by atoms with E-state index < -0.39 is 9.84 Å². The Kier molecular flexibility index (Phi) is 8.81. The fourth-order valence-corrected chi connectivity index (χ4v) is 3.67. The maximum absolute atomic E-state index is 12.1. The Hall–Kier alpha value is -0.330. The van der Waals surface area contributed by atoms with Gasteiger partial charge in [-0.25, -0.2) is 8.42 Å². The van der Waals surface area contributed by atoms with E-state index in [0.29, 0.717) is 19.4 Å². The number of carbonyl (C=O) groups excluding carboxylic acids is 1. The molecule has 1 rings (SSSR count). The van der Waals surface area contributed by atoms with Crippen molar-refractivity contribution in [1.29, 1.82) is 0 Å².